The Labute approximate surface area is 84.1 Å². The maximum absolute atomic E-state index is 11.9. The van der Waals surface area contributed by atoms with Gasteiger partial charge in [-0.25, -0.2) is 0 Å². The van der Waals surface area contributed by atoms with E-state index in [2.05, 4.69) is 5.10 Å². The van der Waals surface area contributed by atoms with Gasteiger partial charge < -0.3 is 5.73 Å². The quantitative estimate of drug-likeness (QED) is 0.715. The Morgan fingerprint density at radius 2 is 2.43 bits per heavy atom. The number of rotatable bonds is 5. The number of carbonyl (C=O) groups is 1. The summed E-state index contributed by atoms with van der Waals surface area (Å²) < 4.78 is 1.72. The molecule has 2 N–H and O–H groups in total. The first kappa shape index (κ1) is 10.9. The highest BCUT2D eigenvalue weighted by Crippen LogP contribution is 2.10. The predicted octanol–water partition coefficient (Wildman–Crippen LogP) is 1.07. The molecule has 0 saturated heterocycles. The molecular weight excluding hydrogens is 178 g/mol. The van der Waals surface area contributed by atoms with Crippen LogP contribution in [0.15, 0.2) is 12.3 Å². The van der Waals surface area contributed by atoms with Crippen molar-refractivity contribution in [2.75, 3.05) is 6.54 Å². The maximum Gasteiger partial charge on any atom is 0.183 e. The largest absolute Gasteiger partial charge is 0.330 e. The van der Waals surface area contributed by atoms with Crippen molar-refractivity contribution >= 4 is 5.78 Å². The fourth-order valence-corrected chi connectivity index (χ4v) is 1.43. The van der Waals surface area contributed by atoms with Gasteiger partial charge in [-0.1, -0.05) is 6.92 Å². The van der Waals surface area contributed by atoms with Crippen molar-refractivity contribution in [2.45, 2.75) is 26.8 Å². The van der Waals surface area contributed by atoms with Crippen LogP contribution in [0.2, 0.25) is 0 Å². The van der Waals surface area contributed by atoms with Gasteiger partial charge in [0.2, 0.25) is 0 Å². The van der Waals surface area contributed by atoms with Crippen LogP contribution in [-0.4, -0.2) is 22.1 Å². The summed E-state index contributed by atoms with van der Waals surface area (Å²) in [5.41, 5.74) is 6.10. The number of carbonyl (C=O) groups excluding carboxylic acids is 1. The molecule has 1 aromatic rings. The number of nitrogens with zero attached hydrogens (tertiary/aromatic N) is 2. The van der Waals surface area contributed by atoms with E-state index in [1.165, 1.54) is 0 Å². The smallest absolute Gasteiger partial charge is 0.183 e. The second kappa shape index (κ2) is 4.91. The molecule has 1 atom stereocenters. The van der Waals surface area contributed by atoms with Gasteiger partial charge in [0.05, 0.1) is 0 Å². The molecule has 4 heteroatoms. The van der Waals surface area contributed by atoms with Crippen LogP contribution in [0.5, 0.6) is 0 Å². The van der Waals surface area contributed by atoms with Gasteiger partial charge in [0.15, 0.2) is 5.78 Å². The summed E-state index contributed by atoms with van der Waals surface area (Å²) in [4.78, 5) is 11.9. The average Bonchev–Trinajstić information content (AvgIpc) is 2.64. The van der Waals surface area contributed by atoms with Crippen LogP contribution >= 0.6 is 0 Å². The van der Waals surface area contributed by atoms with Gasteiger partial charge in [-0.3, -0.25) is 9.48 Å². The molecule has 4 nitrogen and oxygen atoms in total. The number of nitrogens with two attached hydrogens (primary N) is 1. The van der Waals surface area contributed by atoms with Gasteiger partial charge in [-0.2, -0.15) is 5.10 Å². The van der Waals surface area contributed by atoms with Crippen molar-refractivity contribution in [3.05, 3.63) is 18.0 Å². The summed E-state index contributed by atoms with van der Waals surface area (Å²) in [5, 5.41) is 4.06. The van der Waals surface area contributed by atoms with Crippen molar-refractivity contribution in [2.24, 2.45) is 11.7 Å². The molecule has 1 rings (SSSR count). The summed E-state index contributed by atoms with van der Waals surface area (Å²) in [6.45, 7) is 5.15. The van der Waals surface area contributed by atoms with Crippen molar-refractivity contribution in [1.29, 1.82) is 0 Å². The standard InChI is InChI=1S/C10H17N3O/c1-3-13-9(5-7-12-13)10(14)8(2)4-6-11/h5,7-8H,3-4,6,11H2,1-2H3. The van der Waals surface area contributed by atoms with Gasteiger partial charge in [-0.05, 0) is 26.0 Å². The van der Waals surface area contributed by atoms with E-state index in [1.807, 2.05) is 13.8 Å². The molecule has 78 valence electrons. The molecule has 14 heavy (non-hydrogen) atoms. The minimum Gasteiger partial charge on any atom is -0.330 e. The van der Waals surface area contributed by atoms with Crippen LogP contribution in [0.3, 0.4) is 0 Å². The van der Waals surface area contributed by atoms with Crippen molar-refractivity contribution in [3.8, 4) is 0 Å². The van der Waals surface area contributed by atoms with Crippen molar-refractivity contribution in [1.82, 2.24) is 9.78 Å². The highest BCUT2D eigenvalue weighted by atomic mass is 16.1. The highest BCUT2D eigenvalue weighted by Gasteiger charge is 2.17. The molecule has 0 amide bonds. The van der Waals surface area contributed by atoms with Gasteiger partial charge in [-0.15, -0.1) is 0 Å². The van der Waals surface area contributed by atoms with Crippen molar-refractivity contribution in [3.63, 3.8) is 0 Å². The third kappa shape index (κ3) is 2.20. The molecule has 0 spiro atoms. The molecule has 0 aliphatic carbocycles. The molecule has 0 fully saturated rings. The monoisotopic (exact) mass is 195 g/mol. The molecule has 0 aliphatic heterocycles. The van der Waals surface area contributed by atoms with Gasteiger partial charge >= 0.3 is 0 Å². The molecule has 1 unspecified atom stereocenters. The summed E-state index contributed by atoms with van der Waals surface area (Å²) in [5.74, 6) is 0.122. The normalized spacial score (nSPS) is 12.8. The van der Waals surface area contributed by atoms with E-state index in [9.17, 15) is 4.79 Å². The van der Waals surface area contributed by atoms with Crippen LogP contribution in [0, 0.1) is 5.92 Å². The second-order valence-electron chi connectivity index (χ2n) is 3.37. The van der Waals surface area contributed by atoms with Gasteiger partial charge in [0.1, 0.15) is 5.69 Å². The van der Waals surface area contributed by atoms with E-state index in [0.29, 0.717) is 12.2 Å². The SMILES string of the molecule is CCn1nccc1C(=O)C(C)CCN. The molecule has 0 radical (unpaired) electrons. The fraction of sp³-hybridized carbons (Fsp3) is 0.600. The van der Waals surface area contributed by atoms with Crippen molar-refractivity contribution < 1.29 is 4.79 Å². The minimum atomic E-state index is -0.0120. The first-order chi connectivity index (χ1) is 6.70. The summed E-state index contributed by atoms with van der Waals surface area (Å²) in [6.07, 6.45) is 2.39. The average molecular weight is 195 g/mol. The van der Waals surface area contributed by atoms with E-state index >= 15 is 0 Å². The van der Waals surface area contributed by atoms with Gasteiger partial charge in [0.25, 0.3) is 0 Å². The second-order valence-corrected chi connectivity index (χ2v) is 3.37. The molecule has 0 bridgehead atoms. The summed E-state index contributed by atoms with van der Waals surface area (Å²) in [7, 11) is 0. The van der Waals surface area contributed by atoms with Crippen LogP contribution in [0.4, 0.5) is 0 Å². The molecule has 1 aromatic heterocycles. The Morgan fingerprint density at radius 3 is 3.00 bits per heavy atom. The molecular formula is C10H17N3O. The zero-order chi connectivity index (χ0) is 10.6. The topological polar surface area (TPSA) is 60.9 Å². The van der Waals surface area contributed by atoms with E-state index in [-0.39, 0.29) is 11.7 Å². The number of hydrogen-bond acceptors (Lipinski definition) is 3. The Hall–Kier alpha value is -1.16. The molecule has 0 saturated carbocycles. The Morgan fingerprint density at radius 1 is 1.71 bits per heavy atom. The first-order valence-electron chi connectivity index (χ1n) is 4.96. The maximum atomic E-state index is 11.9. The first-order valence-corrected chi connectivity index (χ1v) is 4.96. The number of ketones is 1. The van der Waals surface area contributed by atoms with E-state index in [1.54, 1.807) is 16.9 Å². The molecule has 0 aliphatic rings. The van der Waals surface area contributed by atoms with E-state index in [0.717, 1.165) is 13.0 Å². The van der Waals surface area contributed by atoms with Crippen LogP contribution in [0.1, 0.15) is 30.8 Å². The fourth-order valence-electron chi connectivity index (χ4n) is 1.43. The van der Waals surface area contributed by atoms with Crippen LogP contribution in [0.25, 0.3) is 0 Å². The van der Waals surface area contributed by atoms with Crippen LogP contribution < -0.4 is 5.73 Å². The lowest BCUT2D eigenvalue weighted by atomic mass is 10.0. The number of Topliss-reactive ketones (excluding diaryl/α,β-unsaturated/α-hetero) is 1. The lowest BCUT2D eigenvalue weighted by Crippen LogP contribution is -2.19. The third-order valence-corrected chi connectivity index (χ3v) is 2.32. The van der Waals surface area contributed by atoms with E-state index in [4.69, 9.17) is 5.73 Å². The molecule has 0 aromatic carbocycles. The zero-order valence-corrected chi connectivity index (χ0v) is 8.73. The Balaban J connectivity index is 2.78. The lowest BCUT2D eigenvalue weighted by molar-refractivity contribution is 0.0914. The Bertz CT molecular complexity index is 306. The summed E-state index contributed by atoms with van der Waals surface area (Å²) in [6, 6.07) is 1.76. The minimum absolute atomic E-state index is 0.0120. The number of aromatic nitrogens is 2. The summed E-state index contributed by atoms with van der Waals surface area (Å²) >= 11 is 0. The lowest BCUT2D eigenvalue weighted by Gasteiger charge is -2.09. The van der Waals surface area contributed by atoms with Gasteiger partial charge in [0, 0.05) is 18.7 Å². The van der Waals surface area contributed by atoms with Crippen LogP contribution in [-0.2, 0) is 6.54 Å². The zero-order valence-electron chi connectivity index (χ0n) is 8.73. The van der Waals surface area contributed by atoms with E-state index < -0.39 is 0 Å². The number of aryl methyl sites for hydroxylation is 1. The highest BCUT2D eigenvalue weighted by molar-refractivity contribution is 5.96. The predicted molar refractivity (Wildman–Crippen MR) is 55.1 cm³/mol. The molecule has 1 heterocycles. The Kier molecular flexibility index (Phi) is 3.83. The number of hydrogen-bond donors (Lipinski definition) is 1. The third-order valence-electron chi connectivity index (χ3n) is 2.32.